The lowest BCUT2D eigenvalue weighted by atomic mass is 9.94. The van der Waals surface area contributed by atoms with Crippen LogP contribution in [0.2, 0.25) is 0 Å². The van der Waals surface area contributed by atoms with Crippen molar-refractivity contribution in [1.82, 2.24) is 4.90 Å². The molecule has 6 nitrogen and oxygen atoms in total. The summed E-state index contributed by atoms with van der Waals surface area (Å²) < 4.78 is 11.1. The third kappa shape index (κ3) is 3.89. The highest BCUT2D eigenvalue weighted by Crippen LogP contribution is 2.42. The maximum atomic E-state index is 12.5. The molecule has 0 aromatic heterocycles. The lowest BCUT2D eigenvalue weighted by molar-refractivity contribution is -0.150. The first-order valence-corrected chi connectivity index (χ1v) is 8.98. The van der Waals surface area contributed by atoms with Crippen LogP contribution in [0.1, 0.15) is 32.6 Å². The first-order chi connectivity index (χ1) is 12.1. The van der Waals surface area contributed by atoms with Crippen LogP contribution in [0.25, 0.3) is 0 Å². The number of carboxylic acid groups (broad SMARTS) is 1. The summed E-state index contributed by atoms with van der Waals surface area (Å²) in [5.41, 5.74) is 0. The molecule has 1 amide bonds. The number of hydrogen-bond acceptors (Lipinski definition) is 4. The normalized spacial score (nSPS) is 24.8. The van der Waals surface area contributed by atoms with Crippen molar-refractivity contribution in [3.63, 3.8) is 0 Å². The maximum Gasteiger partial charge on any atom is 0.326 e. The van der Waals surface area contributed by atoms with Crippen LogP contribution >= 0.6 is 0 Å². The monoisotopic (exact) mass is 347 g/mol. The minimum Gasteiger partial charge on any atom is -0.494 e. The van der Waals surface area contributed by atoms with Gasteiger partial charge in [0.1, 0.15) is 17.5 Å². The summed E-state index contributed by atoms with van der Waals surface area (Å²) in [5, 5.41) is 9.52. The van der Waals surface area contributed by atoms with Gasteiger partial charge in [-0.2, -0.15) is 0 Å². The maximum absolute atomic E-state index is 12.5. The Hall–Kier alpha value is -2.24. The second-order valence-corrected chi connectivity index (χ2v) is 6.79. The molecule has 1 saturated carbocycles. The first-order valence-electron chi connectivity index (χ1n) is 8.98. The summed E-state index contributed by atoms with van der Waals surface area (Å²) in [7, 11) is 0. The van der Waals surface area contributed by atoms with E-state index in [2.05, 4.69) is 0 Å². The number of ether oxygens (including phenoxy) is 2. The summed E-state index contributed by atoms with van der Waals surface area (Å²) in [4.78, 5) is 25.6. The minimum atomic E-state index is -0.903. The molecule has 3 atom stereocenters. The van der Waals surface area contributed by atoms with Crippen LogP contribution < -0.4 is 9.47 Å². The Kier molecular flexibility index (Phi) is 5.46. The minimum absolute atomic E-state index is 0.0939. The topological polar surface area (TPSA) is 76.1 Å². The number of rotatable bonds is 7. The number of carboxylic acids is 1. The lowest BCUT2D eigenvalue weighted by Gasteiger charge is -2.24. The van der Waals surface area contributed by atoms with Crippen LogP contribution in [0.15, 0.2) is 24.3 Å². The molecule has 1 aliphatic carbocycles. The van der Waals surface area contributed by atoms with Crippen LogP contribution in [-0.4, -0.2) is 47.7 Å². The van der Waals surface area contributed by atoms with Crippen LogP contribution in [0, 0.1) is 11.8 Å². The Morgan fingerprint density at radius 3 is 2.48 bits per heavy atom. The molecular formula is C19H25NO5. The van der Waals surface area contributed by atoms with Gasteiger partial charge in [0, 0.05) is 6.54 Å². The van der Waals surface area contributed by atoms with E-state index in [-0.39, 0.29) is 18.4 Å². The Balaban J connectivity index is 1.56. The van der Waals surface area contributed by atoms with Gasteiger partial charge in [0.2, 0.25) is 0 Å². The highest BCUT2D eigenvalue weighted by Gasteiger charge is 2.49. The van der Waals surface area contributed by atoms with Crippen molar-refractivity contribution >= 4 is 11.9 Å². The van der Waals surface area contributed by atoms with E-state index in [0.717, 1.165) is 31.4 Å². The smallest absolute Gasteiger partial charge is 0.326 e. The zero-order valence-electron chi connectivity index (χ0n) is 14.5. The average Bonchev–Trinajstić information content (AvgIpc) is 3.19. The number of carbonyl (C=O) groups is 2. The number of aliphatic carboxylic acids is 1. The third-order valence-electron chi connectivity index (χ3n) is 5.12. The highest BCUT2D eigenvalue weighted by atomic mass is 16.5. The van der Waals surface area contributed by atoms with Gasteiger partial charge in [-0.05, 0) is 55.4 Å². The van der Waals surface area contributed by atoms with Crippen molar-refractivity contribution in [2.45, 2.75) is 38.6 Å². The number of benzene rings is 1. The molecule has 6 heteroatoms. The van der Waals surface area contributed by atoms with E-state index < -0.39 is 12.0 Å². The molecule has 2 fully saturated rings. The van der Waals surface area contributed by atoms with Crippen LogP contribution in [0.5, 0.6) is 11.5 Å². The fourth-order valence-corrected chi connectivity index (χ4v) is 3.96. The van der Waals surface area contributed by atoms with Crippen molar-refractivity contribution in [3.05, 3.63) is 24.3 Å². The predicted octanol–water partition coefficient (Wildman–Crippen LogP) is 2.57. The molecule has 2 aliphatic rings. The van der Waals surface area contributed by atoms with Crippen LogP contribution in [0.4, 0.5) is 0 Å². The van der Waals surface area contributed by atoms with Crippen molar-refractivity contribution < 1.29 is 24.2 Å². The van der Waals surface area contributed by atoms with E-state index in [1.165, 1.54) is 4.90 Å². The second kappa shape index (κ2) is 7.76. The molecule has 1 aliphatic heterocycles. The molecule has 3 unspecified atom stereocenters. The summed E-state index contributed by atoms with van der Waals surface area (Å²) in [5.74, 6) is 0.590. The van der Waals surface area contributed by atoms with Gasteiger partial charge in [0.25, 0.3) is 5.91 Å². The molecule has 136 valence electrons. The molecule has 1 aromatic carbocycles. The lowest BCUT2D eigenvalue weighted by Crippen LogP contribution is -2.45. The zero-order chi connectivity index (χ0) is 17.8. The number of fused-ring (bicyclic) bond motifs is 1. The standard InChI is InChI=1S/C19H25NO5/c1-2-10-24-14-6-8-15(9-7-14)25-12-17(21)20-11-13-4-3-5-16(13)18(20)19(22)23/h6-9,13,16,18H,2-5,10-12H2,1H3,(H,22,23). The van der Waals surface area contributed by atoms with E-state index in [4.69, 9.17) is 9.47 Å². The second-order valence-electron chi connectivity index (χ2n) is 6.79. The van der Waals surface area contributed by atoms with Crippen LogP contribution in [0.3, 0.4) is 0 Å². The van der Waals surface area contributed by atoms with Crippen LogP contribution in [-0.2, 0) is 9.59 Å². The average molecular weight is 347 g/mol. The molecule has 1 N–H and O–H groups in total. The van der Waals surface area contributed by atoms with Gasteiger partial charge in [0.15, 0.2) is 6.61 Å². The molecule has 0 spiro atoms. The largest absolute Gasteiger partial charge is 0.494 e. The quantitative estimate of drug-likeness (QED) is 0.820. The molecule has 1 saturated heterocycles. The molecule has 25 heavy (non-hydrogen) atoms. The summed E-state index contributed by atoms with van der Waals surface area (Å²) >= 11 is 0. The van der Waals surface area contributed by atoms with Gasteiger partial charge in [-0.15, -0.1) is 0 Å². The van der Waals surface area contributed by atoms with Crippen molar-refractivity contribution in [2.75, 3.05) is 19.8 Å². The van der Waals surface area contributed by atoms with Gasteiger partial charge in [-0.1, -0.05) is 13.3 Å². The van der Waals surface area contributed by atoms with E-state index in [1.807, 2.05) is 6.92 Å². The van der Waals surface area contributed by atoms with E-state index in [0.29, 0.717) is 24.8 Å². The van der Waals surface area contributed by atoms with E-state index >= 15 is 0 Å². The third-order valence-corrected chi connectivity index (χ3v) is 5.12. The fraction of sp³-hybridized carbons (Fsp3) is 0.579. The van der Waals surface area contributed by atoms with E-state index in [9.17, 15) is 14.7 Å². The van der Waals surface area contributed by atoms with Crippen molar-refractivity contribution in [2.24, 2.45) is 11.8 Å². The molecular weight excluding hydrogens is 322 g/mol. The number of hydrogen-bond donors (Lipinski definition) is 1. The number of amides is 1. The number of nitrogens with zero attached hydrogens (tertiary/aromatic N) is 1. The van der Waals surface area contributed by atoms with Gasteiger partial charge in [-0.25, -0.2) is 4.79 Å². The number of carbonyl (C=O) groups excluding carboxylic acids is 1. The zero-order valence-corrected chi connectivity index (χ0v) is 14.5. The Bertz CT molecular complexity index is 615. The van der Waals surface area contributed by atoms with Gasteiger partial charge < -0.3 is 19.5 Å². The fourth-order valence-electron chi connectivity index (χ4n) is 3.96. The van der Waals surface area contributed by atoms with Gasteiger partial charge in [0.05, 0.1) is 6.61 Å². The Labute approximate surface area is 147 Å². The highest BCUT2D eigenvalue weighted by molar-refractivity contribution is 5.85. The Morgan fingerprint density at radius 2 is 1.84 bits per heavy atom. The van der Waals surface area contributed by atoms with E-state index in [1.54, 1.807) is 24.3 Å². The molecule has 0 radical (unpaired) electrons. The van der Waals surface area contributed by atoms with Crippen molar-refractivity contribution in [3.8, 4) is 11.5 Å². The molecule has 3 rings (SSSR count). The number of likely N-dealkylation sites (tertiary alicyclic amines) is 1. The van der Waals surface area contributed by atoms with Crippen molar-refractivity contribution in [1.29, 1.82) is 0 Å². The summed E-state index contributed by atoms with van der Waals surface area (Å²) in [6.07, 6.45) is 3.91. The SMILES string of the molecule is CCCOc1ccc(OCC(=O)N2CC3CCCC3C2C(=O)O)cc1. The molecule has 1 aromatic rings. The summed E-state index contributed by atoms with van der Waals surface area (Å²) in [6, 6.07) is 6.41. The Morgan fingerprint density at radius 1 is 1.16 bits per heavy atom. The van der Waals surface area contributed by atoms with Gasteiger partial charge in [-0.3, -0.25) is 4.79 Å². The predicted molar refractivity (Wildman–Crippen MR) is 91.7 cm³/mol. The first kappa shape index (κ1) is 17.6. The summed E-state index contributed by atoms with van der Waals surface area (Å²) in [6.45, 7) is 3.10. The molecule has 1 heterocycles. The molecule has 0 bridgehead atoms. The van der Waals surface area contributed by atoms with Gasteiger partial charge >= 0.3 is 5.97 Å².